The van der Waals surface area contributed by atoms with Gasteiger partial charge in [-0.3, -0.25) is 24.1 Å². The number of esters is 1. The van der Waals surface area contributed by atoms with Crippen LogP contribution in [0.4, 0.5) is 0 Å². The van der Waals surface area contributed by atoms with Gasteiger partial charge in [0, 0.05) is 22.6 Å². The molecule has 1 aliphatic heterocycles. The van der Waals surface area contributed by atoms with Gasteiger partial charge < -0.3 is 14.0 Å². The van der Waals surface area contributed by atoms with Crippen molar-refractivity contribution < 1.29 is 28.7 Å². The normalized spacial score (nSPS) is 20.0. The first kappa shape index (κ1) is 22.8. The molecule has 4 rings (SSSR count). The van der Waals surface area contributed by atoms with E-state index in [1.807, 2.05) is 42.7 Å². The molecule has 2 amide bonds. The Labute approximate surface area is 192 Å². The number of ether oxygens (including phenoxy) is 2. The molecule has 0 N–H and O–H groups in total. The highest BCUT2D eigenvalue weighted by molar-refractivity contribution is 6.07. The van der Waals surface area contributed by atoms with Crippen molar-refractivity contribution in [3.8, 4) is 11.4 Å². The molecular weight excluding hydrogens is 424 g/mol. The summed E-state index contributed by atoms with van der Waals surface area (Å²) in [5.41, 5.74) is 2.93. The van der Waals surface area contributed by atoms with Crippen molar-refractivity contribution >= 4 is 23.6 Å². The molecule has 0 radical (unpaired) electrons. The minimum Gasteiger partial charge on any atom is -0.497 e. The highest BCUT2D eigenvalue weighted by Crippen LogP contribution is 2.37. The van der Waals surface area contributed by atoms with Crippen LogP contribution in [0.15, 0.2) is 30.3 Å². The Kier molecular flexibility index (Phi) is 6.35. The monoisotopic (exact) mass is 452 g/mol. The first-order chi connectivity index (χ1) is 15.8. The fraction of sp³-hybridized carbons (Fsp3) is 0.440. The average Bonchev–Trinajstić information content (AvgIpc) is 3.25. The van der Waals surface area contributed by atoms with Gasteiger partial charge in [-0.15, -0.1) is 0 Å². The maximum Gasteiger partial charge on any atom is 0.326 e. The second kappa shape index (κ2) is 9.21. The minimum atomic E-state index is -0.757. The molecule has 2 aliphatic rings. The number of aromatic nitrogens is 1. The molecule has 2 fully saturated rings. The smallest absolute Gasteiger partial charge is 0.326 e. The zero-order chi connectivity index (χ0) is 23.7. The van der Waals surface area contributed by atoms with E-state index in [1.165, 1.54) is 0 Å². The Morgan fingerprint density at radius 3 is 2.18 bits per heavy atom. The van der Waals surface area contributed by atoms with Gasteiger partial charge in [-0.05, 0) is 57.0 Å². The number of amides is 2. The number of hydrogen-bond donors (Lipinski definition) is 0. The zero-order valence-electron chi connectivity index (χ0n) is 19.1. The van der Waals surface area contributed by atoms with Gasteiger partial charge in [-0.25, -0.2) is 0 Å². The van der Waals surface area contributed by atoms with Crippen molar-refractivity contribution in [3.05, 3.63) is 47.3 Å². The van der Waals surface area contributed by atoms with Gasteiger partial charge in [-0.1, -0.05) is 12.8 Å². The van der Waals surface area contributed by atoms with Crippen molar-refractivity contribution in [2.24, 2.45) is 11.8 Å². The van der Waals surface area contributed by atoms with E-state index in [1.54, 1.807) is 13.2 Å². The lowest BCUT2D eigenvalue weighted by Gasteiger charge is -2.19. The van der Waals surface area contributed by atoms with Crippen LogP contribution in [0.25, 0.3) is 5.69 Å². The summed E-state index contributed by atoms with van der Waals surface area (Å²) in [4.78, 5) is 51.2. The molecule has 0 bridgehead atoms. The number of imide groups is 1. The Morgan fingerprint density at radius 2 is 1.61 bits per heavy atom. The number of rotatable bonds is 7. The van der Waals surface area contributed by atoms with E-state index in [2.05, 4.69) is 0 Å². The van der Waals surface area contributed by atoms with Gasteiger partial charge in [0.1, 0.15) is 12.3 Å². The van der Waals surface area contributed by atoms with Crippen LogP contribution in [-0.4, -0.2) is 53.3 Å². The quantitative estimate of drug-likeness (QED) is 0.364. The average molecular weight is 453 g/mol. The molecule has 0 spiro atoms. The van der Waals surface area contributed by atoms with Crippen LogP contribution in [0, 0.1) is 25.7 Å². The van der Waals surface area contributed by atoms with E-state index in [-0.39, 0.29) is 29.4 Å². The molecule has 1 saturated heterocycles. The van der Waals surface area contributed by atoms with Gasteiger partial charge in [-0.2, -0.15) is 0 Å². The summed E-state index contributed by atoms with van der Waals surface area (Å²) in [6.07, 6.45) is 3.20. The highest BCUT2D eigenvalue weighted by atomic mass is 16.5. The van der Waals surface area contributed by atoms with Crippen LogP contribution in [0.5, 0.6) is 5.75 Å². The number of aryl methyl sites for hydroxylation is 1. The lowest BCUT2D eigenvalue weighted by atomic mass is 9.81. The van der Waals surface area contributed by atoms with Crippen LogP contribution in [-0.2, 0) is 19.1 Å². The number of benzene rings is 1. The Hall–Kier alpha value is -3.42. The van der Waals surface area contributed by atoms with Gasteiger partial charge in [0.25, 0.3) is 0 Å². The predicted molar refractivity (Wildman–Crippen MR) is 119 cm³/mol. The molecule has 8 heteroatoms. The number of carbonyl (C=O) groups excluding carboxylic acids is 4. The Bertz CT molecular complexity index is 1080. The third kappa shape index (κ3) is 4.29. The van der Waals surface area contributed by atoms with Crippen LogP contribution in [0.3, 0.4) is 0 Å². The van der Waals surface area contributed by atoms with E-state index >= 15 is 0 Å². The maximum atomic E-state index is 12.8. The summed E-state index contributed by atoms with van der Waals surface area (Å²) < 4.78 is 12.3. The Morgan fingerprint density at radius 1 is 1.00 bits per heavy atom. The number of fused-ring (bicyclic) bond motifs is 1. The standard InChI is InChI=1S/C25H28N2O6/c1-15-12-21(16(2)27(15)17-8-10-18(32-3)11-9-17)22(28)14-33-23(29)13-26-24(30)19-6-4-5-7-20(19)25(26)31/h8-12,19-20H,4-7,13-14H2,1-3H3. The highest BCUT2D eigenvalue weighted by Gasteiger charge is 2.48. The van der Waals surface area contributed by atoms with E-state index in [0.29, 0.717) is 18.4 Å². The summed E-state index contributed by atoms with van der Waals surface area (Å²) >= 11 is 0. The maximum absolute atomic E-state index is 12.8. The van der Waals surface area contributed by atoms with E-state index in [4.69, 9.17) is 9.47 Å². The van der Waals surface area contributed by atoms with Crippen molar-refractivity contribution in [2.45, 2.75) is 39.5 Å². The van der Waals surface area contributed by atoms with E-state index < -0.39 is 19.1 Å². The largest absolute Gasteiger partial charge is 0.497 e. The summed E-state index contributed by atoms with van der Waals surface area (Å²) in [7, 11) is 1.60. The third-order valence-electron chi connectivity index (χ3n) is 6.65. The number of likely N-dealkylation sites (tertiary alicyclic amines) is 1. The van der Waals surface area contributed by atoms with Crippen LogP contribution in [0.1, 0.15) is 47.4 Å². The number of hydrogen-bond acceptors (Lipinski definition) is 6. The molecule has 2 heterocycles. The lowest BCUT2D eigenvalue weighted by Crippen LogP contribution is -2.37. The number of nitrogens with zero attached hydrogens (tertiary/aromatic N) is 2. The molecule has 2 atom stereocenters. The van der Waals surface area contributed by atoms with Gasteiger partial charge in [0.15, 0.2) is 6.61 Å². The molecule has 33 heavy (non-hydrogen) atoms. The zero-order valence-corrected chi connectivity index (χ0v) is 19.1. The Balaban J connectivity index is 1.39. The van der Waals surface area contributed by atoms with Crippen molar-refractivity contribution in [1.29, 1.82) is 0 Å². The molecule has 1 saturated carbocycles. The number of methoxy groups -OCH3 is 1. The summed E-state index contributed by atoms with van der Waals surface area (Å²) in [5, 5.41) is 0. The summed E-state index contributed by atoms with van der Waals surface area (Å²) in [6, 6.07) is 9.24. The topological polar surface area (TPSA) is 94.9 Å². The molecule has 1 aliphatic carbocycles. The molecule has 8 nitrogen and oxygen atoms in total. The minimum absolute atomic E-state index is 0.295. The van der Waals surface area contributed by atoms with Crippen LogP contribution < -0.4 is 4.74 Å². The fourth-order valence-corrected chi connectivity index (χ4v) is 4.96. The molecule has 1 aromatic heterocycles. The molecule has 2 unspecified atom stereocenters. The molecule has 1 aromatic carbocycles. The first-order valence-electron chi connectivity index (χ1n) is 11.2. The van der Waals surface area contributed by atoms with E-state index in [9.17, 15) is 19.2 Å². The predicted octanol–water partition coefficient (Wildman–Crippen LogP) is 3.00. The summed E-state index contributed by atoms with van der Waals surface area (Å²) in [5.74, 6) is -1.59. The fourth-order valence-electron chi connectivity index (χ4n) is 4.96. The second-order valence-electron chi connectivity index (χ2n) is 8.66. The SMILES string of the molecule is COc1ccc(-n2c(C)cc(C(=O)COC(=O)CN3C(=O)C4CCCCC4C3=O)c2C)cc1. The van der Waals surface area contributed by atoms with Gasteiger partial charge >= 0.3 is 5.97 Å². The lowest BCUT2D eigenvalue weighted by molar-refractivity contribution is -0.152. The van der Waals surface area contributed by atoms with Crippen LogP contribution in [0.2, 0.25) is 0 Å². The van der Waals surface area contributed by atoms with Crippen molar-refractivity contribution in [1.82, 2.24) is 9.47 Å². The molecule has 174 valence electrons. The van der Waals surface area contributed by atoms with Crippen molar-refractivity contribution in [2.75, 3.05) is 20.3 Å². The van der Waals surface area contributed by atoms with E-state index in [0.717, 1.165) is 40.6 Å². The van der Waals surface area contributed by atoms with Gasteiger partial charge in [0.05, 0.1) is 18.9 Å². The second-order valence-corrected chi connectivity index (χ2v) is 8.66. The molecular formula is C25H28N2O6. The number of carbonyl (C=O) groups is 4. The van der Waals surface area contributed by atoms with Crippen molar-refractivity contribution in [3.63, 3.8) is 0 Å². The third-order valence-corrected chi connectivity index (χ3v) is 6.65. The first-order valence-corrected chi connectivity index (χ1v) is 11.2. The number of ketones is 1. The number of Topliss-reactive ketones (excluding diaryl/α,β-unsaturated/α-hetero) is 1. The summed E-state index contributed by atoms with van der Waals surface area (Å²) in [6.45, 7) is 2.83. The molecule has 2 aromatic rings. The van der Waals surface area contributed by atoms with Gasteiger partial charge in [0.2, 0.25) is 17.6 Å². The van der Waals surface area contributed by atoms with Crippen LogP contribution >= 0.6 is 0 Å².